The molecule has 5 nitrogen and oxygen atoms in total. The van der Waals surface area contributed by atoms with E-state index in [2.05, 4.69) is 11.0 Å². The summed E-state index contributed by atoms with van der Waals surface area (Å²) in [5, 5.41) is 0. The number of methoxy groups -OCH3 is 3. The molecule has 0 saturated heterocycles. The Hall–Kier alpha value is -3.25. The van der Waals surface area contributed by atoms with Crippen LogP contribution < -0.4 is 18.9 Å². The molecule has 0 saturated carbocycles. The lowest BCUT2D eigenvalue weighted by atomic mass is 10.0. The van der Waals surface area contributed by atoms with Crippen LogP contribution in [0, 0.1) is 5.82 Å². The maximum Gasteiger partial charge on any atom is 0.165 e. The van der Waals surface area contributed by atoms with Crippen LogP contribution in [0.2, 0.25) is 0 Å². The van der Waals surface area contributed by atoms with Crippen molar-refractivity contribution < 1.29 is 23.3 Å². The Bertz CT molecular complexity index is 1070. The molecular weight excluding hydrogens is 397 g/mol. The third-order valence-electron chi connectivity index (χ3n) is 5.46. The first-order valence-corrected chi connectivity index (χ1v) is 10.1. The Morgan fingerprint density at radius 2 is 1.71 bits per heavy atom. The number of nitrogens with zero attached hydrogens (tertiary/aromatic N) is 1. The van der Waals surface area contributed by atoms with Crippen LogP contribution in [0.4, 0.5) is 4.39 Å². The van der Waals surface area contributed by atoms with Gasteiger partial charge in [-0.3, -0.25) is 4.90 Å². The van der Waals surface area contributed by atoms with E-state index < -0.39 is 0 Å². The van der Waals surface area contributed by atoms with Crippen molar-refractivity contribution in [2.75, 3.05) is 34.5 Å². The van der Waals surface area contributed by atoms with Crippen molar-refractivity contribution in [3.05, 3.63) is 71.5 Å². The van der Waals surface area contributed by atoms with Gasteiger partial charge in [0.25, 0.3) is 0 Å². The second-order valence-electron chi connectivity index (χ2n) is 7.42. The molecule has 3 aromatic rings. The van der Waals surface area contributed by atoms with Gasteiger partial charge in [-0.2, -0.15) is 0 Å². The molecule has 0 aromatic heterocycles. The van der Waals surface area contributed by atoms with E-state index in [1.807, 2.05) is 30.3 Å². The fourth-order valence-electron chi connectivity index (χ4n) is 3.82. The van der Waals surface area contributed by atoms with E-state index in [0.717, 1.165) is 28.2 Å². The van der Waals surface area contributed by atoms with E-state index in [-0.39, 0.29) is 5.82 Å². The van der Waals surface area contributed by atoms with Crippen LogP contribution in [-0.2, 0) is 13.1 Å². The number of benzene rings is 3. The number of halogens is 1. The van der Waals surface area contributed by atoms with Crippen LogP contribution in [0.25, 0.3) is 11.1 Å². The molecule has 0 unspecified atom stereocenters. The largest absolute Gasteiger partial charge is 0.497 e. The molecule has 1 heterocycles. The molecular formula is C25H26FNO4. The van der Waals surface area contributed by atoms with Crippen LogP contribution in [0.5, 0.6) is 23.0 Å². The fourth-order valence-corrected chi connectivity index (χ4v) is 3.82. The second kappa shape index (κ2) is 9.27. The van der Waals surface area contributed by atoms with Crippen LogP contribution in [-0.4, -0.2) is 39.4 Å². The molecule has 0 amide bonds. The van der Waals surface area contributed by atoms with Gasteiger partial charge in [-0.15, -0.1) is 0 Å². The first kappa shape index (κ1) is 21.0. The van der Waals surface area contributed by atoms with Gasteiger partial charge in [0.2, 0.25) is 0 Å². The predicted molar refractivity (Wildman–Crippen MR) is 118 cm³/mol. The summed E-state index contributed by atoms with van der Waals surface area (Å²) in [6, 6.07) is 17.0. The van der Waals surface area contributed by atoms with Crippen molar-refractivity contribution in [1.82, 2.24) is 4.90 Å². The van der Waals surface area contributed by atoms with Crippen LogP contribution >= 0.6 is 0 Å². The predicted octanol–water partition coefficient (Wildman–Crippen LogP) is 4.91. The molecule has 4 rings (SSSR count). The van der Waals surface area contributed by atoms with E-state index in [4.69, 9.17) is 18.9 Å². The zero-order chi connectivity index (χ0) is 21.8. The van der Waals surface area contributed by atoms with Crippen molar-refractivity contribution in [3.8, 4) is 34.1 Å². The van der Waals surface area contributed by atoms with Gasteiger partial charge in [0.05, 0.1) is 21.3 Å². The molecule has 162 valence electrons. The Kier molecular flexibility index (Phi) is 6.28. The highest BCUT2D eigenvalue weighted by Crippen LogP contribution is 2.39. The quantitative estimate of drug-likeness (QED) is 0.563. The van der Waals surface area contributed by atoms with Crippen molar-refractivity contribution in [2.45, 2.75) is 13.1 Å². The summed E-state index contributed by atoms with van der Waals surface area (Å²) in [6.07, 6.45) is 0. The summed E-state index contributed by atoms with van der Waals surface area (Å²) >= 11 is 0. The lowest BCUT2D eigenvalue weighted by Crippen LogP contribution is -2.25. The molecule has 0 fully saturated rings. The van der Waals surface area contributed by atoms with Gasteiger partial charge in [0.15, 0.2) is 11.5 Å². The third-order valence-corrected chi connectivity index (χ3v) is 5.46. The smallest absolute Gasteiger partial charge is 0.165 e. The minimum Gasteiger partial charge on any atom is -0.497 e. The molecule has 0 atom stereocenters. The number of rotatable bonds is 6. The van der Waals surface area contributed by atoms with Crippen LogP contribution in [0.1, 0.15) is 11.1 Å². The average molecular weight is 423 g/mol. The monoisotopic (exact) mass is 423 g/mol. The molecule has 0 N–H and O–H groups in total. The van der Waals surface area contributed by atoms with Crippen molar-refractivity contribution in [3.63, 3.8) is 0 Å². The highest BCUT2D eigenvalue weighted by molar-refractivity contribution is 5.70. The van der Waals surface area contributed by atoms with E-state index in [1.165, 1.54) is 13.2 Å². The Morgan fingerprint density at radius 1 is 0.903 bits per heavy atom. The van der Waals surface area contributed by atoms with E-state index in [0.29, 0.717) is 43.3 Å². The number of hydrogen-bond acceptors (Lipinski definition) is 5. The summed E-state index contributed by atoms with van der Waals surface area (Å²) in [4.78, 5) is 2.17. The van der Waals surface area contributed by atoms with E-state index in [1.54, 1.807) is 26.4 Å². The molecule has 6 heteroatoms. The fraction of sp³-hybridized carbons (Fsp3) is 0.280. The lowest BCUT2D eigenvalue weighted by Gasteiger charge is -2.20. The SMILES string of the molecule is COc1cccc(-c2cc3c(c(OC)c2)OCCN(Cc2ccc(OC)cc2F)C3)c1. The second-order valence-corrected chi connectivity index (χ2v) is 7.42. The Balaban J connectivity index is 1.65. The van der Waals surface area contributed by atoms with E-state index >= 15 is 0 Å². The Morgan fingerprint density at radius 3 is 2.45 bits per heavy atom. The van der Waals surface area contributed by atoms with Crippen LogP contribution in [0.15, 0.2) is 54.6 Å². The zero-order valence-electron chi connectivity index (χ0n) is 18.0. The average Bonchev–Trinajstić information content (AvgIpc) is 3.01. The summed E-state index contributed by atoms with van der Waals surface area (Å²) in [5.74, 6) is 2.46. The van der Waals surface area contributed by atoms with Gasteiger partial charge in [-0.1, -0.05) is 18.2 Å². The summed E-state index contributed by atoms with van der Waals surface area (Å²) < 4.78 is 36.6. The Labute approximate surface area is 181 Å². The number of ether oxygens (including phenoxy) is 4. The van der Waals surface area contributed by atoms with Gasteiger partial charge in [0, 0.05) is 36.8 Å². The maximum atomic E-state index is 14.5. The summed E-state index contributed by atoms with van der Waals surface area (Å²) in [7, 11) is 4.83. The topological polar surface area (TPSA) is 40.2 Å². The number of fused-ring (bicyclic) bond motifs is 1. The minimum absolute atomic E-state index is 0.271. The highest BCUT2D eigenvalue weighted by Gasteiger charge is 2.21. The highest BCUT2D eigenvalue weighted by atomic mass is 19.1. The van der Waals surface area contributed by atoms with Gasteiger partial charge >= 0.3 is 0 Å². The van der Waals surface area contributed by atoms with Crippen molar-refractivity contribution in [1.29, 1.82) is 0 Å². The molecule has 0 spiro atoms. The first-order chi connectivity index (χ1) is 15.1. The van der Waals surface area contributed by atoms with Crippen molar-refractivity contribution >= 4 is 0 Å². The molecule has 0 bridgehead atoms. The van der Waals surface area contributed by atoms with Gasteiger partial charge in [0.1, 0.15) is 23.9 Å². The van der Waals surface area contributed by atoms with Gasteiger partial charge in [-0.05, 0) is 41.5 Å². The first-order valence-electron chi connectivity index (χ1n) is 10.1. The maximum absolute atomic E-state index is 14.5. The standard InChI is InChI=1S/C25H26FNO4/c1-28-21-6-4-5-17(12-21)19-11-20-16-27(9-10-31-25(20)24(13-19)30-3)15-18-7-8-22(29-2)14-23(18)26/h4-8,11-14H,9-10,15-16H2,1-3H3. The third kappa shape index (κ3) is 4.59. The molecule has 0 radical (unpaired) electrons. The number of hydrogen-bond donors (Lipinski definition) is 0. The van der Waals surface area contributed by atoms with Gasteiger partial charge in [-0.25, -0.2) is 4.39 Å². The molecule has 1 aliphatic heterocycles. The minimum atomic E-state index is -0.271. The van der Waals surface area contributed by atoms with Crippen LogP contribution in [0.3, 0.4) is 0 Å². The molecule has 3 aromatic carbocycles. The van der Waals surface area contributed by atoms with Gasteiger partial charge < -0.3 is 18.9 Å². The summed E-state index contributed by atoms with van der Waals surface area (Å²) in [5.41, 5.74) is 3.66. The molecule has 0 aliphatic carbocycles. The lowest BCUT2D eigenvalue weighted by molar-refractivity contribution is 0.215. The van der Waals surface area contributed by atoms with Crippen molar-refractivity contribution in [2.24, 2.45) is 0 Å². The normalized spacial score (nSPS) is 13.7. The van der Waals surface area contributed by atoms with E-state index in [9.17, 15) is 4.39 Å². The summed E-state index contributed by atoms with van der Waals surface area (Å²) in [6.45, 7) is 2.27. The molecule has 31 heavy (non-hydrogen) atoms. The molecule has 1 aliphatic rings. The zero-order valence-corrected chi connectivity index (χ0v) is 18.0.